The minimum atomic E-state index is -4.99. The first-order chi connectivity index (χ1) is 8.12. The number of carboxylic acid groups (broad SMARTS) is 1. The van der Waals surface area contributed by atoms with Crippen molar-refractivity contribution in [2.24, 2.45) is 0 Å². The molecule has 0 spiro atoms. The van der Waals surface area contributed by atoms with Crippen molar-refractivity contribution < 1.29 is 31.9 Å². The lowest BCUT2D eigenvalue weighted by atomic mass is 10.0. The van der Waals surface area contributed by atoms with Crippen molar-refractivity contribution >= 4 is 17.6 Å². The van der Waals surface area contributed by atoms with Crippen LogP contribution in [0.5, 0.6) is 0 Å². The van der Waals surface area contributed by atoms with Gasteiger partial charge in [0.15, 0.2) is 0 Å². The minimum Gasteiger partial charge on any atom is -0.481 e. The molecule has 0 atom stereocenters. The molecular weight excluding hydrogens is 285 g/mol. The third kappa shape index (κ3) is 3.28. The Hall–Kier alpha value is -1.44. The zero-order valence-electron chi connectivity index (χ0n) is 8.43. The number of hydrogen-bond donors (Lipinski definition) is 1. The summed E-state index contributed by atoms with van der Waals surface area (Å²) in [7, 11) is 0. The maximum absolute atomic E-state index is 12.6. The number of halogens is 6. The summed E-state index contributed by atoms with van der Waals surface area (Å²) in [6.45, 7) is 0. The van der Waals surface area contributed by atoms with E-state index in [1.807, 2.05) is 0 Å². The lowest BCUT2D eigenvalue weighted by molar-refractivity contribution is -0.139. The van der Waals surface area contributed by atoms with Crippen LogP contribution < -0.4 is 0 Å². The molecule has 0 aliphatic carbocycles. The third-order valence-corrected chi connectivity index (χ3v) is 2.16. The van der Waals surface area contributed by atoms with E-state index in [0.29, 0.717) is 6.07 Å². The maximum Gasteiger partial charge on any atom is 0.416 e. The molecule has 0 bridgehead atoms. The monoisotopic (exact) mass is 289 g/mol. The Balaban J connectivity index is 3.52. The quantitative estimate of drug-likeness (QED) is 0.686. The van der Waals surface area contributed by atoms with Crippen LogP contribution in [-0.4, -0.2) is 16.1 Å². The topological polar surface area (TPSA) is 50.2 Å². The van der Waals surface area contributed by atoms with Crippen LogP contribution in [0.25, 0.3) is 0 Å². The van der Waals surface area contributed by atoms with Gasteiger partial charge in [-0.05, 0) is 6.07 Å². The molecule has 1 aromatic heterocycles. The highest BCUT2D eigenvalue weighted by Gasteiger charge is 2.37. The van der Waals surface area contributed by atoms with Gasteiger partial charge in [0.25, 0.3) is 6.43 Å². The average molecular weight is 290 g/mol. The fourth-order valence-corrected chi connectivity index (χ4v) is 1.53. The van der Waals surface area contributed by atoms with Crippen LogP contribution in [0.1, 0.15) is 23.2 Å². The van der Waals surface area contributed by atoms with Gasteiger partial charge in [-0.1, -0.05) is 11.6 Å². The largest absolute Gasteiger partial charge is 0.481 e. The van der Waals surface area contributed by atoms with Gasteiger partial charge in [-0.25, -0.2) is 13.8 Å². The molecule has 0 saturated heterocycles. The van der Waals surface area contributed by atoms with Gasteiger partial charge in [0, 0.05) is 5.56 Å². The lowest BCUT2D eigenvalue weighted by Gasteiger charge is -2.15. The lowest BCUT2D eigenvalue weighted by Crippen LogP contribution is -2.16. The molecule has 3 nitrogen and oxygen atoms in total. The number of carbonyl (C=O) groups is 1. The molecule has 0 unspecified atom stereocenters. The van der Waals surface area contributed by atoms with E-state index in [2.05, 4.69) is 4.98 Å². The van der Waals surface area contributed by atoms with Gasteiger partial charge in [-0.2, -0.15) is 13.2 Å². The van der Waals surface area contributed by atoms with Gasteiger partial charge in [0.1, 0.15) is 10.8 Å². The summed E-state index contributed by atoms with van der Waals surface area (Å²) in [5, 5.41) is 7.69. The second kappa shape index (κ2) is 5.05. The second-order valence-electron chi connectivity index (χ2n) is 3.23. The van der Waals surface area contributed by atoms with E-state index < -0.39 is 47.0 Å². The van der Waals surface area contributed by atoms with Gasteiger partial charge < -0.3 is 5.11 Å². The second-order valence-corrected chi connectivity index (χ2v) is 3.61. The first kappa shape index (κ1) is 14.6. The normalized spacial score (nSPS) is 11.9. The number of aromatic nitrogens is 1. The number of alkyl halides is 5. The maximum atomic E-state index is 12.6. The average Bonchev–Trinajstić information content (AvgIpc) is 2.17. The first-order valence-corrected chi connectivity index (χ1v) is 4.77. The highest BCUT2D eigenvalue weighted by atomic mass is 35.5. The third-order valence-electron chi connectivity index (χ3n) is 1.97. The molecule has 0 aliphatic heterocycles. The molecule has 0 fully saturated rings. The Labute approximate surface area is 102 Å². The van der Waals surface area contributed by atoms with Crippen LogP contribution in [-0.2, 0) is 17.4 Å². The number of aliphatic carboxylic acids is 1. The molecule has 1 rings (SSSR count). The Morgan fingerprint density at radius 1 is 1.44 bits per heavy atom. The van der Waals surface area contributed by atoms with Crippen molar-refractivity contribution in [3.05, 3.63) is 28.0 Å². The van der Waals surface area contributed by atoms with E-state index in [1.165, 1.54) is 0 Å². The summed E-state index contributed by atoms with van der Waals surface area (Å²) < 4.78 is 62.9. The van der Waals surface area contributed by atoms with Crippen LogP contribution >= 0.6 is 11.6 Å². The predicted molar refractivity (Wildman–Crippen MR) is 50.5 cm³/mol. The molecule has 9 heteroatoms. The van der Waals surface area contributed by atoms with Crippen molar-refractivity contribution in [1.29, 1.82) is 0 Å². The zero-order valence-corrected chi connectivity index (χ0v) is 9.19. The molecule has 0 radical (unpaired) electrons. The molecule has 18 heavy (non-hydrogen) atoms. The molecule has 100 valence electrons. The van der Waals surface area contributed by atoms with Gasteiger partial charge in [0.2, 0.25) is 0 Å². The molecule has 1 aromatic rings. The van der Waals surface area contributed by atoms with Crippen molar-refractivity contribution in [1.82, 2.24) is 4.98 Å². The minimum absolute atomic E-state index is 0.325. The summed E-state index contributed by atoms with van der Waals surface area (Å²) in [5.74, 6) is -1.67. The standard InChI is InChI=1S/C9H5ClF5NO2/c10-5-2-4(9(13,14)15)3(1-6(17)18)7(16-5)8(11)12/h2,8H,1H2,(H,17,18). The molecule has 0 amide bonds. The van der Waals surface area contributed by atoms with Gasteiger partial charge in [0.05, 0.1) is 12.0 Å². The number of nitrogens with zero attached hydrogens (tertiary/aromatic N) is 1. The van der Waals surface area contributed by atoms with Gasteiger partial charge in [-0.3, -0.25) is 4.79 Å². The molecule has 1 N–H and O–H groups in total. The highest BCUT2D eigenvalue weighted by molar-refractivity contribution is 6.29. The molecule has 1 heterocycles. The Morgan fingerprint density at radius 2 is 2.00 bits per heavy atom. The van der Waals surface area contributed by atoms with Gasteiger partial charge in [-0.15, -0.1) is 0 Å². The summed E-state index contributed by atoms with van der Waals surface area (Å²) in [6, 6.07) is 0.325. The predicted octanol–water partition coefficient (Wildman–Crippen LogP) is 3.32. The highest BCUT2D eigenvalue weighted by Crippen LogP contribution is 2.37. The fraction of sp³-hybridized carbons (Fsp3) is 0.333. The van der Waals surface area contributed by atoms with E-state index in [0.717, 1.165) is 0 Å². The van der Waals surface area contributed by atoms with E-state index in [4.69, 9.17) is 16.7 Å². The Morgan fingerprint density at radius 3 is 2.39 bits per heavy atom. The van der Waals surface area contributed by atoms with E-state index >= 15 is 0 Å². The summed E-state index contributed by atoms with van der Waals surface area (Å²) >= 11 is 5.22. The first-order valence-electron chi connectivity index (χ1n) is 4.39. The molecule has 0 aromatic carbocycles. The molecule has 0 aliphatic rings. The van der Waals surface area contributed by atoms with Crippen LogP contribution in [0.3, 0.4) is 0 Å². The number of rotatable bonds is 3. The van der Waals surface area contributed by atoms with Crippen molar-refractivity contribution in [2.45, 2.75) is 19.0 Å². The van der Waals surface area contributed by atoms with Crippen LogP contribution in [0.2, 0.25) is 5.15 Å². The zero-order chi connectivity index (χ0) is 14.1. The van der Waals surface area contributed by atoms with Crippen molar-refractivity contribution in [2.75, 3.05) is 0 Å². The van der Waals surface area contributed by atoms with Crippen LogP contribution in [0.15, 0.2) is 6.07 Å². The molecular formula is C9H5ClF5NO2. The van der Waals surface area contributed by atoms with E-state index in [1.54, 1.807) is 0 Å². The van der Waals surface area contributed by atoms with E-state index in [-0.39, 0.29) is 0 Å². The molecule has 0 saturated carbocycles. The number of carboxylic acids is 1. The summed E-state index contributed by atoms with van der Waals surface area (Å²) in [6.07, 6.45) is -9.54. The van der Waals surface area contributed by atoms with Crippen molar-refractivity contribution in [3.63, 3.8) is 0 Å². The Kier molecular flexibility index (Phi) is 4.10. The van der Waals surface area contributed by atoms with Crippen molar-refractivity contribution in [3.8, 4) is 0 Å². The SMILES string of the molecule is O=C(O)Cc1c(C(F)(F)F)cc(Cl)nc1C(F)F. The summed E-state index contributed by atoms with van der Waals surface area (Å²) in [5.41, 5.74) is -3.85. The number of hydrogen-bond acceptors (Lipinski definition) is 2. The van der Waals surface area contributed by atoms with Gasteiger partial charge >= 0.3 is 12.1 Å². The Bertz CT molecular complexity index is 475. The smallest absolute Gasteiger partial charge is 0.416 e. The summed E-state index contributed by atoms with van der Waals surface area (Å²) in [4.78, 5) is 13.5. The van der Waals surface area contributed by atoms with Crippen LogP contribution in [0.4, 0.5) is 22.0 Å². The van der Waals surface area contributed by atoms with Crippen LogP contribution in [0, 0.1) is 0 Å². The number of pyridine rings is 1. The fourth-order valence-electron chi connectivity index (χ4n) is 1.33. The van der Waals surface area contributed by atoms with E-state index in [9.17, 15) is 26.7 Å².